The summed E-state index contributed by atoms with van der Waals surface area (Å²) in [5, 5.41) is 0. The van der Waals surface area contributed by atoms with Crippen molar-refractivity contribution in [2.24, 2.45) is 5.73 Å². The first-order valence-corrected chi connectivity index (χ1v) is 3.23. The van der Waals surface area contributed by atoms with Crippen LogP contribution >= 0.6 is 12.4 Å². The van der Waals surface area contributed by atoms with Crippen molar-refractivity contribution >= 4 is 12.4 Å². The van der Waals surface area contributed by atoms with Gasteiger partial charge in [0.1, 0.15) is 5.82 Å². The van der Waals surface area contributed by atoms with Gasteiger partial charge in [-0.2, -0.15) is 0 Å². The molecule has 0 aliphatic carbocycles. The first kappa shape index (κ1) is 11.0. The van der Waals surface area contributed by atoms with Crippen molar-refractivity contribution in [3.05, 3.63) is 35.1 Å². The van der Waals surface area contributed by atoms with Crippen molar-refractivity contribution in [3.8, 4) is 12.3 Å². The quantitative estimate of drug-likeness (QED) is 0.662. The Balaban J connectivity index is 0.00000121. The maximum Gasteiger partial charge on any atom is 0.123 e. The second-order valence-electron chi connectivity index (χ2n) is 2.15. The van der Waals surface area contributed by atoms with E-state index in [1.54, 1.807) is 6.07 Å². The molecule has 0 aliphatic rings. The minimum absolute atomic E-state index is 0. The molecule has 1 nitrogen and oxygen atoms in total. The summed E-state index contributed by atoms with van der Waals surface area (Å²) in [6.07, 6.45) is 5.15. The lowest BCUT2D eigenvalue weighted by molar-refractivity contribution is 0.625. The van der Waals surface area contributed by atoms with Gasteiger partial charge in [0, 0.05) is 12.1 Å². The van der Waals surface area contributed by atoms with Crippen LogP contribution in [0.1, 0.15) is 11.1 Å². The van der Waals surface area contributed by atoms with E-state index in [0.29, 0.717) is 11.1 Å². The topological polar surface area (TPSA) is 26.0 Å². The van der Waals surface area contributed by atoms with E-state index in [1.165, 1.54) is 12.1 Å². The molecule has 1 rings (SSSR count). The zero-order chi connectivity index (χ0) is 8.27. The van der Waals surface area contributed by atoms with Crippen molar-refractivity contribution in [2.45, 2.75) is 6.54 Å². The van der Waals surface area contributed by atoms with Gasteiger partial charge in [-0.15, -0.1) is 18.8 Å². The molecule has 0 aromatic heterocycles. The molecule has 1 aromatic carbocycles. The summed E-state index contributed by atoms with van der Waals surface area (Å²) in [4.78, 5) is 0. The van der Waals surface area contributed by atoms with E-state index in [-0.39, 0.29) is 24.8 Å². The second-order valence-corrected chi connectivity index (χ2v) is 2.15. The van der Waals surface area contributed by atoms with Crippen LogP contribution in [0.25, 0.3) is 0 Å². The summed E-state index contributed by atoms with van der Waals surface area (Å²) in [6, 6.07) is 4.24. The Hall–Kier alpha value is -1.04. The number of nitrogens with two attached hydrogens (primary N) is 1. The molecule has 0 aliphatic heterocycles. The third-order valence-corrected chi connectivity index (χ3v) is 1.44. The fourth-order valence-electron chi connectivity index (χ4n) is 0.872. The van der Waals surface area contributed by atoms with Gasteiger partial charge in [0.05, 0.1) is 0 Å². The molecule has 0 heterocycles. The number of terminal acetylenes is 1. The Morgan fingerprint density at radius 2 is 2.17 bits per heavy atom. The zero-order valence-corrected chi connectivity index (χ0v) is 7.20. The molecule has 0 spiro atoms. The van der Waals surface area contributed by atoms with Crippen LogP contribution in [0.3, 0.4) is 0 Å². The molecule has 0 saturated heterocycles. The van der Waals surface area contributed by atoms with E-state index >= 15 is 0 Å². The third-order valence-electron chi connectivity index (χ3n) is 1.44. The number of benzene rings is 1. The molecular weight excluding hydrogens is 177 g/mol. The maximum atomic E-state index is 12.5. The molecule has 0 fully saturated rings. The van der Waals surface area contributed by atoms with Gasteiger partial charge in [-0.3, -0.25) is 0 Å². The van der Waals surface area contributed by atoms with Crippen molar-refractivity contribution < 1.29 is 4.39 Å². The standard InChI is InChI=1S/C9H8FN.ClH/c1-2-7-3-4-9(10)5-8(7)6-11;/h1,3-5H,6,11H2;1H. The van der Waals surface area contributed by atoms with Gasteiger partial charge in [-0.1, -0.05) is 5.92 Å². The lowest BCUT2D eigenvalue weighted by Crippen LogP contribution is -1.99. The Morgan fingerprint density at radius 3 is 2.67 bits per heavy atom. The van der Waals surface area contributed by atoms with E-state index in [4.69, 9.17) is 12.2 Å². The smallest absolute Gasteiger partial charge is 0.123 e. The van der Waals surface area contributed by atoms with Crippen molar-refractivity contribution in [3.63, 3.8) is 0 Å². The van der Waals surface area contributed by atoms with Crippen LogP contribution in [-0.4, -0.2) is 0 Å². The highest BCUT2D eigenvalue weighted by molar-refractivity contribution is 5.85. The highest BCUT2D eigenvalue weighted by atomic mass is 35.5. The molecule has 0 bridgehead atoms. The minimum Gasteiger partial charge on any atom is -0.326 e. The van der Waals surface area contributed by atoms with Gasteiger partial charge in [0.15, 0.2) is 0 Å². The maximum absolute atomic E-state index is 12.5. The molecule has 0 atom stereocenters. The van der Waals surface area contributed by atoms with Crippen LogP contribution in [0.4, 0.5) is 4.39 Å². The molecule has 64 valence electrons. The lowest BCUT2D eigenvalue weighted by atomic mass is 10.1. The molecule has 12 heavy (non-hydrogen) atoms. The van der Waals surface area contributed by atoms with Gasteiger partial charge < -0.3 is 5.73 Å². The second kappa shape index (κ2) is 4.76. The average molecular weight is 186 g/mol. The van der Waals surface area contributed by atoms with Crippen LogP contribution in [0, 0.1) is 18.2 Å². The van der Waals surface area contributed by atoms with Crippen molar-refractivity contribution in [1.29, 1.82) is 0 Å². The minimum atomic E-state index is -0.301. The fourth-order valence-corrected chi connectivity index (χ4v) is 0.872. The first-order chi connectivity index (χ1) is 5.27. The predicted molar refractivity (Wildman–Crippen MR) is 49.5 cm³/mol. The predicted octanol–water partition coefficient (Wildman–Crippen LogP) is 1.69. The van der Waals surface area contributed by atoms with E-state index in [1.807, 2.05) is 0 Å². The summed E-state index contributed by atoms with van der Waals surface area (Å²) in [5.41, 5.74) is 6.67. The lowest BCUT2D eigenvalue weighted by Gasteiger charge is -1.99. The highest BCUT2D eigenvalue weighted by Crippen LogP contribution is 2.08. The van der Waals surface area contributed by atoms with Crippen LogP contribution in [0.5, 0.6) is 0 Å². The van der Waals surface area contributed by atoms with Crippen molar-refractivity contribution in [2.75, 3.05) is 0 Å². The van der Waals surface area contributed by atoms with Gasteiger partial charge >= 0.3 is 0 Å². The Morgan fingerprint density at radius 1 is 1.50 bits per heavy atom. The largest absolute Gasteiger partial charge is 0.326 e. The summed E-state index contributed by atoms with van der Waals surface area (Å²) >= 11 is 0. The monoisotopic (exact) mass is 185 g/mol. The summed E-state index contributed by atoms with van der Waals surface area (Å²) < 4.78 is 12.5. The molecule has 0 saturated carbocycles. The molecule has 0 unspecified atom stereocenters. The average Bonchev–Trinajstić information content (AvgIpc) is 2.04. The van der Waals surface area contributed by atoms with Gasteiger partial charge in [0.2, 0.25) is 0 Å². The van der Waals surface area contributed by atoms with Gasteiger partial charge in [0.25, 0.3) is 0 Å². The number of rotatable bonds is 1. The first-order valence-electron chi connectivity index (χ1n) is 3.23. The molecular formula is C9H9ClFN. The molecule has 0 amide bonds. The Kier molecular flexibility index (Phi) is 4.35. The van der Waals surface area contributed by atoms with Crippen LogP contribution in [-0.2, 0) is 6.54 Å². The van der Waals surface area contributed by atoms with Gasteiger partial charge in [-0.25, -0.2) is 4.39 Å². The molecule has 0 radical (unpaired) electrons. The number of hydrogen-bond donors (Lipinski definition) is 1. The third kappa shape index (κ3) is 2.23. The zero-order valence-electron chi connectivity index (χ0n) is 6.38. The van der Waals surface area contributed by atoms with Gasteiger partial charge in [-0.05, 0) is 23.8 Å². The Bertz CT molecular complexity index is 304. The summed E-state index contributed by atoms with van der Waals surface area (Å²) in [7, 11) is 0. The summed E-state index contributed by atoms with van der Waals surface area (Å²) in [5.74, 6) is 2.13. The van der Waals surface area contributed by atoms with Crippen molar-refractivity contribution in [1.82, 2.24) is 0 Å². The van der Waals surface area contributed by atoms with E-state index in [2.05, 4.69) is 5.92 Å². The van der Waals surface area contributed by atoms with E-state index < -0.39 is 0 Å². The molecule has 2 N–H and O–H groups in total. The fraction of sp³-hybridized carbons (Fsp3) is 0.111. The molecule has 1 aromatic rings. The van der Waals surface area contributed by atoms with E-state index in [9.17, 15) is 4.39 Å². The SMILES string of the molecule is C#Cc1ccc(F)cc1CN.Cl. The normalized spacial score (nSPS) is 8.42. The van der Waals surface area contributed by atoms with E-state index in [0.717, 1.165) is 0 Å². The molecule has 3 heteroatoms. The van der Waals surface area contributed by atoms with Crippen LogP contribution in [0.15, 0.2) is 18.2 Å². The number of hydrogen-bond acceptors (Lipinski definition) is 1. The summed E-state index contributed by atoms with van der Waals surface area (Å²) in [6.45, 7) is 0.275. The van der Waals surface area contributed by atoms with Crippen LogP contribution in [0.2, 0.25) is 0 Å². The van der Waals surface area contributed by atoms with Crippen LogP contribution < -0.4 is 5.73 Å². The number of halogens is 2. The highest BCUT2D eigenvalue weighted by Gasteiger charge is 1.98. The Labute approximate surface area is 77.2 Å².